The van der Waals surface area contributed by atoms with Crippen LogP contribution in [0.3, 0.4) is 0 Å². The summed E-state index contributed by atoms with van der Waals surface area (Å²) in [4.78, 5) is 14.6. The van der Waals surface area contributed by atoms with Crippen LogP contribution in [0.1, 0.15) is 40.8 Å². The molecule has 2 heterocycles. The minimum absolute atomic E-state index is 0.165. The zero-order valence-corrected chi connectivity index (χ0v) is 16.1. The number of esters is 1. The van der Waals surface area contributed by atoms with E-state index in [0.29, 0.717) is 13.0 Å². The number of carbonyl (C=O) groups excluding carboxylic acids is 1. The lowest BCUT2D eigenvalue weighted by molar-refractivity contribution is -0.143. The van der Waals surface area contributed by atoms with Crippen LogP contribution in [0, 0.1) is 27.7 Å². The summed E-state index contributed by atoms with van der Waals surface area (Å²) >= 11 is 0. The fourth-order valence-corrected chi connectivity index (χ4v) is 3.73. The van der Waals surface area contributed by atoms with E-state index in [0.717, 1.165) is 47.6 Å². The van der Waals surface area contributed by atoms with Gasteiger partial charge in [-0.2, -0.15) is 5.10 Å². The van der Waals surface area contributed by atoms with Gasteiger partial charge in [0.25, 0.3) is 0 Å². The van der Waals surface area contributed by atoms with Gasteiger partial charge in [-0.05, 0) is 69.4 Å². The average molecular weight is 353 g/mol. The van der Waals surface area contributed by atoms with E-state index in [1.807, 2.05) is 19.1 Å². The summed E-state index contributed by atoms with van der Waals surface area (Å²) in [6.07, 6.45) is 2.41. The molecule has 0 radical (unpaired) electrons. The van der Waals surface area contributed by atoms with E-state index in [4.69, 9.17) is 4.74 Å². The lowest BCUT2D eigenvalue weighted by atomic mass is 9.97. The molecule has 5 nitrogen and oxygen atoms in total. The quantitative estimate of drug-likeness (QED) is 0.771. The van der Waals surface area contributed by atoms with Crippen molar-refractivity contribution in [2.45, 2.75) is 53.0 Å². The van der Waals surface area contributed by atoms with Gasteiger partial charge in [0.1, 0.15) is 6.61 Å². The van der Waals surface area contributed by atoms with E-state index in [1.165, 1.54) is 5.56 Å². The molecule has 26 heavy (non-hydrogen) atoms. The Morgan fingerprint density at radius 1 is 1.15 bits per heavy atom. The Bertz CT molecular complexity index is 763. The first-order valence-corrected chi connectivity index (χ1v) is 9.23. The van der Waals surface area contributed by atoms with Crippen LogP contribution in [0.2, 0.25) is 0 Å². The molecule has 1 aliphatic rings. The number of nitrogens with zero attached hydrogens (tertiary/aromatic N) is 3. The van der Waals surface area contributed by atoms with E-state index in [9.17, 15) is 4.79 Å². The Balaban J connectivity index is 1.59. The SMILES string of the molecule is Cc1cc(C)c(CC(=O)OC[C@H]2CCCN2c2ccc(C)nn2)c(C)c1. The number of carbonyl (C=O) groups is 1. The van der Waals surface area contributed by atoms with E-state index >= 15 is 0 Å². The minimum Gasteiger partial charge on any atom is -0.463 e. The number of aryl methyl sites for hydroxylation is 4. The normalized spacial score (nSPS) is 16.8. The molecule has 1 fully saturated rings. The van der Waals surface area contributed by atoms with Crippen molar-refractivity contribution in [1.82, 2.24) is 10.2 Å². The van der Waals surface area contributed by atoms with Crippen LogP contribution in [0.4, 0.5) is 5.82 Å². The topological polar surface area (TPSA) is 55.3 Å². The van der Waals surface area contributed by atoms with Crippen molar-refractivity contribution >= 4 is 11.8 Å². The van der Waals surface area contributed by atoms with Crippen molar-refractivity contribution < 1.29 is 9.53 Å². The van der Waals surface area contributed by atoms with Gasteiger partial charge in [-0.25, -0.2) is 0 Å². The molecule has 1 atom stereocenters. The van der Waals surface area contributed by atoms with Gasteiger partial charge in [0.15, 0.2) is 5.82 Å². The number of ether oxygens (including phenoxy) is 1. The van der Waals surface area contributed by atoms with Gasteiger partial charge in [0, 0.05) is 6.54 Å². The fraction of sp³-hybridized carbons (Fsp3) is 0.476. The van der Waals surface area contributed by atoms with Crippen LogP contribution < -0.4 is 4.90 Å². The van der Waals surface area contributed by atoms with Gasteiger partial charge >= 0.3 is 5.97 Å². The van der Waals surface area contributed by atoms with E-state index in [2.05, 4.69) is 48.0 Å². The van der Waals surface area contributed by atoms with Gasteiger partial charge < -0.3 is 9.64 Å². The summed E-state index contributed by atoms with van der Waals surface area (Å²) in [7, 11) is 0. The molecule has 0 aliphatic carbocycles. The second-order valence-electron chi connectivity index (χ2n) is 7.26. The monoisotopic (exact) mass is 353 g/mol. The van der Waals surface area contributed by atoms with E-state index in [-0.39, 0.29) is 12.0 Å². The molecule has 1 aliphatic heterocycles. The molecule has 2 aromatic rings. The van der Waals surface area contributed by atoms with E-state index in [1.54, 1.807) is 0 Å². The number of aromatic nitrogens is 2. The Hall–Kier alpha value is -2.43. The number of rotatable bonds is 5. The number of anilines is 1. The fourth-order valence-electron chi connectivity index (χ4n) is 3.73. The minimum atomic E-state index is -0.165. The van der Waals surface area contributed by atoms with Gasteiger partial charge in [0.05, 0.1) is 18.2 Å². The van der Waals surface area contributed by atoms with Crippen molar-refractivity contribution in [3.8, 4) is 0 Å². The lowest BCUT2D eigenvalue weighted by Crippen LogP contribution is -2.35. The molecule has 3 rings (SSSR count). The van der Waals surface area contributed by atoms with Crippen LogP contribution in [-0.2, 0) is 16.0 Å². The smallest absolute Gasteiger partial charge is 0.310 e. The van der Waals surface area contributed by atoms with Crippen molar-refractivity contribution in [1.29, 1.82) is 0 Å². The second kappa shape index (κ2) is 7.85. The maximum Gasteiger partial charge on any atom is 0.310 e. The van der Waals surface area contributed by atoms with Gasteiger partial charge in [0.2, 0.25) is 0 Å². The highest BCUT2D eigenvalue weighted by Gasteiger charge is 2.27. The molecule has 0 amide bonds. The molecule has 0 spiro atoms. The number of hydrogen-bond acceptors (Lipinski definition) is 5. The average Bonchev–Trinajstić information content (AvgIpc) is 3.05. The van der Waals surface area contributed by atoms with Crippen molar-refractivity contribution in [2.75, 3.05) is 18.1 Å². The van der Waals surface area contributed by atoms with Crippen LogP contribution in [0.25, 0.3) is 0 Å². The molecule has 1 aromatic heterocycles. The van der Waals surface area contributed by atoms with Crippen molar-refractivity contribution in [3.05, 3.63) is 52.2 Å². The first-order valence-electron chi connectivity index (χ1n) is 9.23. The molecule has 5 heteroatoms. The largest absolute Gasteiger partial charge is 0.463 e. The number of benzene rings is 1. The molecule has 0 saturated carbocycles. The summed E-state index contributed by atoms with van der Waals surface area (Å²) in [5.74, 6) is 0.696. The third kappa shape index (κ3) is 4.21. The highest BCUT2D eigenvalue weighted by atomic mass is 16.5. The van der Waals surface area contributed by atoms with Crippen molar-refractivity contribution in [2.24, 2.45) is 0 Å². The van der Waals surface area contributed by atoms with Crippen LogP contribution >= 0.6 is 0 Å². The summed E-state index contributed by atoms with van der Waals surface area (Å²) < 4.78 is 5.62. The first-order chi connectivity index (χ1) is 12.4. The molecule has 0 unspecified atom stereocenters. The lowest BCUT2D eigenvalue weighted by Gasteiger charge is -2.25. The summed E-state index contributed by atoms with van der Waals surface area (Å²) in [5.41, 5.74) is 5.50. The highest BCUT2D eigenvalue weighted by Crippen LogP contribution is 2.24. The van der Waals surface area contributed by atoms with Gasteiger partial charge in [-0.3, -0.25) is 4.79 Å². The highest BCUT2D eigenvalue weighted by molar-refractivity contribution is 5.73. The predicted octanol–water partition coefficient (Wildman–Crippen LogP) is 3.46. The van der Waals surface area contributed by atoms with Crippen LogP contribution in [-0.4, -0.2) is 35.4 Å². The third-order valence-corrected chi connectivity index (χ3v) is 5.05. The van der Waals surface area contributed by atoms with Crippen molar-refractivity contribution in [3.63, 3.8) is 0 Å². The van der Waals surface area contributed by atoms with Gasteiger partial charge in [-0.1, -0.05) is 17.7 Å². The second-order valence-corrected chi connectivity index (χ2v) is 7.26. The summed E-state index contributed by atoms with van der Waals surface area (Å²) in [6.45, 7) is 9.43. The summed E-state index contributed by atoms with van der Waals surface area (Å²) in [5, 5.41) is 8.41. The zero-order valence-electron chi connectivity index (χ0n) is 16.1. The Morgan fingerprint density at radius 3 is 2.54 bits per heavy atom. The molecular formula is C21H27N3O2. The maximum atomic E-state index is 12.4. The van der Waals surface area contributed by atoms with Crippen LogP contribution in [0.5, 0.6) is 0 Å². The third-order valence-electron chi connectivity index (χ3n) is 5.05. The predicted molar refractivity (Wildman–Crippen MR) is 102 cm³/mol. The van der Waals surface area contributed by atoms with Crippen LogP contribution in [0.15, 0.2) is 24.3 Å². The molecule has 1 saturated heterocycles. The molecule has 0 N–H and O–H groups in total. The molecule has 138 valence electrons. The first kappa shape index (κ1) is 18.4. The standard InChI is InChI=1S/C21H27N3O2/c1-14-10-15(2)19(16(3)11-14)12-21(25)26-13-18-6-5-9-24(18)20-8-7-17(4)22-23-20/h7-8,10-11,18H,5-6,9,12-13H2,1-4H3/t18-/m1/s1. The molecular weight excluding hydrogens is 326 g/mol. The Kier molecular flexibility index (Phi) is 5.55. The molecule has 1 aromatic carbocycles. The molecule has 0 bridgehead atoms. The zero-order chi connectivity index (χ0) is 18.7. The van der Waals surface area contributed by atoms with E-state index < -0.39 is 0 Å². The van der Waals surface area contributed by atoms with Gasteiger partial charge in [-0.15, -0.1) is 5.10 Å². The number of hydrogen-bond donors (Lipinski definition) is 0. The summed E-state index contributed by atoms with van der Waals surface area (Å²) in [6, 6.07) is 8.36. The Labute approximate surface area is 155 Å². The maximum absolute atomic E-state index is 12.4. The Morgan fingerprint density at radius 2 is 1.88 bits per heavy atom.